The smallest absolute Gasteiger partial charge is 0.270 e. The van der Waals surface area contributed by atoms with Crippen molar-refractivity contribution in [3.8, 4) is 0 Å². The number of hydrogen-bond donors (Lipinski definition) is 2. The van der Waals surface area contributed by atoms with Crippen molar-refractivity contribution in [2.24, 2.45) is 0 Å². The van der Waals surface area contributed by atoms with Gasteiger partial charge in [-0.15, -0.1) is 0 Å². The zero-order valence-electron chi connectivity index (χ0n) is 7.78. The Morgan fingerprint density at radius 3 is 1.79 bits per heavy atom. The van der Waals surface area contributed by atoms with Crippen molar-refractivity contribution in [3.05, 3.63) is 0 Å². The Morgan fingerprint density at radius 2 is 1.57 bits per heavy atom. The summed E-state index contributed by atoms with van der Waals surface area (Å²) in [6.45, 7) is -0.182. The molecule has 0 aliphatic heterocycles. The molecule has 0 heterocycles. The van der Waals surface area contributed by atoms with E-state index in [1.165, 1.54) is 19.0 Å². The molecule has 0 spiro atoms. The van der Waals surface area contributed by atoms with Gasteiger partial charge in [0.2, 0.25) is 0 Å². The van der Waals surface area contributed by atoms with Gasteiger partial charge in [0.1, 0.15) is 5.25 Å². The summed E-state index contributed by atoms with van der Waals surface area (Å²) in [4.78, 5) is 1.39. The van der Waals surface area contributed by atoms with Gasteiger partial charge in [-0.3, -0.25) is 9.11 Å². The lowest BCUT2D eigenvalue weighted by molar-refractivity contribution is 0.384. The van der Waals surface area contributed by atoms with Crippen LogP contribution in [0.4, 0.5) is 0 Å². The molecular formula is C5H13NO6S2. The highest BCUT2D eigenvalue weighted by atomic mass is 32.2. The minimum absolute atomic E-state index is 0.182. The Morgan fingerprint density at radius 1 is 1.14 bits per heavy atom. The summed E-state index contributed by atoms with van der Waals surface area (Å²) >= 11 is 0. The van der Waals surface area contributed by atoms with Crippen LogP contribution in [0.15, 0.2) is 0 Å². The third kappa shape index (κ3) is 6.27. The number of hydrogen-bond acceptors (Lipinski definition) is 5. The average Bonchev–Trinajstić information content (AvgIpc) is 1.78. The molecule has 0 radical (unpaired) electrons. The highest BCUT2D eigenvalue weighted by molar-refractivity contribution is 7.90. The van der Waals surface area contributed by atoms with Crippen LogP contribution in [0.25, 0.3) is 0 Å². The maximum Gasteiger partial charge on any atom is 0.270 e. The van der Waals surface area contributed by atoms with E-state index in [2.05, 4.69) is 0 Å². The summed E-state index contributed by atoms with van der Waals surface area (Å²) in [5.41, 5.74) is 0. The van der Waals surface area contributed by atoms with Gasteiger partial charge in [0, 0.05) is 6.54 Å². The monoisotopic (exact) mass is 247 g/mol. The zero-order chi connectivity index (χ0) is 11.6. The second kappa shape index (κ2) is 4.53. The Bertz CT molecular complexity index is 369. The molecule has 0 saturated carbocycles. The van der Waals surface area contributed by atoms with E-state index >= 15 is 0 Å². The van der Waals surface area contributed by atoms with E-state index in [1.807, 2.05) is 0 Å². The second-order valence-corrected chi connectivity index (χ2v) is 6.34. The van der Waals surface area contributed by atoms with E-state index in [0.29, 0.717) is 0 Å². The minimum Gasteiger partial charge on any atom is -0.308 e. The summed E-state index contributed by atoms with van der Waals surface area (Å²) in [5, 5.41) is -1.53. The standard InChI is InChI=1S/C5H13NO6S2/c1-6(2)3-5(14(10,11)12)4-13(7,8)9/h5H,3-4H2,1-2H3,(H,7,8,9)(H,10,11,12). The summed E-state index contributed by atoms with van der Waals surface area (Å²) in [7, 11) is -5.86. The highest BCUT2D eigenvalue weighted by Gasteiger charge is 2.28. The molecule has 0 saturated heterocycles. The summed E-state index contributed by atoms with van der Waals surface area (Å²) in [5.74, 6) is -1.01. The Hall–Kier alpha value is -0.220. The fraction of sp³-hybridized carbons (Fsp3) is 1.00. The summed E-state index contributed by atoms with van der Waals surface area (Å²) in [6.07, 6.45) is 0. The van der Waals surface area contributed by atoms with Crippen molar-refractivity contribution in [1.29, 1.82) is 0 Å². The molecule has 1 atom stereocenters. The van der Waals surface area contributed by atoms with E-state index < -0.39 is 31.2 Å². The molecule has 0 aliphatic carbocycles. The first-order valence-electron chi connectivity index (χ1n) is 3.58. The normalized spacial score (nSPS) is 15.8. The molecule has 0 aromatic carbocycles. The lowest BCUT2D eigenvalue weighted by atomic mass is 10.4. The van der Waals surface area contributed by atoms with Crippen molar-refractivity contribution in [3.63, 3.8) is 0 Å². The van der Waals surface area contributed by atoms with Gasteiger partial charge in [-0.25, -0.2) is 0 Å². The van der Waals surface area contributed by atoms with Gasteiger partial charge in [-0.1, -0.05) is 0 Å². The van der Waals surface area contributed by atoms with Gasteiger partial charge in [-0.2, -0.15) is 16.8 Å². The van der Waals surface area contributed by atoms with Gasteiger partial charge in [0.05, 0.1) is 5.75 Å². The molecule has 14 heavy (non-hydrogen) atoms. The zero-order valence-corrected chi connectivity index (χ0v) is 9.42. The largest absolute Gasteiger partial charge is 0.308 e. The predicted octanol–water partition coefficient (Wildman–Crippen LogP) is -1.31. The van der Waals surface area contributed by atoms with Crippen molar-refractivity contribution in [1.82, 2.24) is 4.90 Å². The third-order valence-electron chi connectivity index (χ3n) is 1.39. The summed E-state index contributed by atoms with van der Waals surface area (Å²) < 4.78 is 59.4. The number of nitrogens with zero attached hydrogens (tertiary/aromatic N) is 1. The van der Waals surface area contributed by atoms with Crippen LogP contribution >= 0.6 is 0 Å². The van der Waals surface area contributed by atoms with Crippen LogP contribution in [-0.4, -0.2) is 62.5 Å². The maximum atomic E-state index is 10.7. The molecule has 0 fully saturated rings. The van der Waals surface area contributed by atoms with Crippen LogP contribution < -0.4 is 0 Å². The lowest BCUT2D eigenvalue weighted by Gasteiger charge is -2.16. The first kappa shape index (κ1) is 13.8. The van der Waals surface area contributed by atoms with Crippen molar-refractivity contribution in [2.75, 3.05) is 26.4 Å². The fourth-order valence-corrected chi connectivity index (χ4v) is 3.14. The highest BCUT2D eigenvalue weighted by Crippen LogP contribution is 2.03. The topological polar surface area (TPSA) is 112 Å². The first-order valence-corrected chi connectivity index (χ1v) is 6.70. The van der Waals surface area contributed by atoms with Crippen LogP contribution in [0, 0.1) is 0 Å². The Balaban J connectivity index is 4.77. The van der Waals surface area contributed by atoms with Crippen molar-refractivity contribution < 1.29 is 25.9 Å². The van der Waals surface area contributed by atoms with Crippen LogP contribution in [-0.2, 0) is 20.2 Å². The Labute approximate surface area is 83.2 Å². The van der Waals surface area contributed by atoms with Gasteiger partial charge < -0.3 is 4.90 Å². The van der Waals surface area contributed by atoms with E-state index in [1.54, 1.807) is 0 Å². The summed E-state index contributed by atoms with van der Waals surface area (Å²) in [6, 6.07) is 0. The first-order chi connectivity index (χ1) is 6.02. The van der Waals surface area contributed by atoms with E-state index in [-0.39, 0.29) is 6.54 Å². The van der Waals surface area contributed by atoms with Crippen molar-refractivity contribution >= 4 is 20.2 Å². The predicted molar refractivity (Wildman–Crippen MR) is 50.3 cm³/mol. The van der Waals surface area contributed by atoms with Gasteiger partial charge >= 0.3 is 0 Å². The average molecular weight is 247 g/mol. The van der Waals surface area contributed by atoms with Crippen LogP contribution in [0.5, 0.6) is 0 Å². The molecule has 0 aromatic heterocycles. The minimum atomic E-state index is -4.47. The maximum absolute atomic E-state index is 10.7. The molecule has 0 rings (SSSR count). The lowest BCUT2D eigenvalue weighted by Crippen LogP contribution is -2.37. The SMILES string of the molecule is CN(C)CC(CS(=O)(=O)O)S(=O)(=O)O. The quantitative estimate of drug-likeness (QED) is 0.580. The van der Waals surface area contributed by atoms with E-state index in [0.717, 1.165) is 0 Å². The molecule has 0 aromatic rings. The van der Waals surface area contributed by atoms with Gasteiger partial charge in [-0.05, 0) is 14.1 Å². The van der Waals surface area contributed by atoms with E-state index in [9.17, 15) is 16.8 Å². The van der Waals surface area contributed by atoms with Crippen molar-refractivity contribution in [2.45, 2.75) is 5.25 Å². The fourth-order valence-electron chi connectivity index (χ4n) is 0.875. The molecule has 0 amide bonds. The molecule has 0 aliphatic rings. The Kier molecular flexibility index (Phi) is 4.46. The van der Waals surface area contributed by atoms with Crippen LogP contribution in [0.2, 0.25) is 0 Å². The van der Waals surface area contributed by atoms with Crippen LogP contribution in [0.1, 0.15) is 0 Å². The third-order valence-corrected chi connectivity index (χ3v) is 3.58. The molecule has 86 valence electrons. The molecule has 9 heteroatoms. The molecule has 0 bridgehead atoms. The van der Waals surface area contributed by atoms with Crippen LogP contribution in [0.3, 0.4) is 0 Å². The van der Waals surface area contributed by atoms with Gasteiger partial charge in [0.15, 0.2) is 0 Å². The molecule has 2 N–H and O–H groups in total. The second-order valence-electron chi connectivity index (χ2n) is 3.15. The van der Waals surface area contributed by atoms with Gasteiger partial charge in [0.25, 0.3) is 20.2 Å². The molecule has 7 nitrogen and oxygen atoms in total. The number of rotatable bonds is 5. The molecule has 1 unspecified atom stereocenters. The van der Waals surface area contributed by atoms with E-state index in [4.69, 9.17) is 9.11 Å². The molecular weight excluding hydrogens is 234 g/mol.